The minimum absolute atomic E-state index is 0.0176. The highest BCUT2D eigenvalue weighted by atomic mass is 16.6. The van der Waals surface area contributed by atoms with Gasteiger partial charge in [0.25, 0.3) is 11.6 Å². The molecular formula is C23H20N2O3. The first-order chi connectivity index (χ1) is 13.4. The molecule has 28 heavy (non-hydrogen) atoms. The Hall–Kier alpha value is -3.73. The van der Waals surface area contributed by atoms with Gasteiger partial charge in [-0.2, -0.15) is 0 Å². The Morgan fingerprint density at radius 3 is 2.39 bits per heavy atom. The van der Waals surface area contributed by atoms with E-state index in [0.29, 0.717) is 11.1 Å². The molecule has 0 unspecified atom stereocenters. The van der Waals surface area contributed by atoms with Crippen molar-refractivity contribution in [1.29, 1.82) is 0 Å². The van der Waals surface area contributed by atoms with Crippen molar-refractivity contribution in [2.75, 3.05) is 5.32 Å². The van der Waals surface area contributed by atoms with Gasteiger partial charge in [0.15, 0.2) is 0 Å². The fraction of sp³-hybridized carbons (Fsp3) is 0.0870. The van der Waals surface area contributed by atoms with E-state index in [4.69, 9.17) is 0 Å². The number of hydrogen-bond acceptors (Lipinski definition) is 3. The summed E-state index contributed by atoms with van der Waals surface area (Å²) < 4.78 is 0. The van der Waals surface area contributed by atoms with E-state index in [9.17, 15) is 14.9 Å². The van der Waals surface area contributed by atoms with Crippen LogP contribution in [-0.4, -0.2) is 10.8 Å². The van der Waals surface area contributed by atoms with Crippen LogP contribution in [0.5, 0.6) is 0 Å². The van der Waals surface area contributed by atoms with Crippen LogP contribution in [0.1, 0.15) is 22.3 Å². The average Bonchev–Trinajstić information content (AvgIpc) is 2.69. The molecule has 0 spiro atoms. The summed E-state index contributed by atoms with van der Waals surface area (Å²) in [6.07, 6.45) is 1.67. The number of nitrogens with zero attached hydrogens (tertiary/aromatic N) is 1. The number of carbonyl (C=O) groups excluding carboxylic acids is 1. The van der Waals surface area contributed by atoms with E-state index >= 15 is 0 Å². The van der Waals surface area contributed by atoms with Crippen LogP contribution in [0, 0.1) is 24.0 Å². The quantitative estimate of drug-likeness (QED) is 0.282. The number of benzene rings is 3. The molecule has 0 aliphatic heterocycles. The normalized spacial score (nSPS) is 11.1. The van der Waals surface area contributed by atoms with Crippen LogP contribution >= 0.6 is 0 Å². The van der Waals surface area contributed by atoms with Crippen molar-refractivity contribution in [3.63, 3.8) is 0 Å². The Balaban J connectivity index is 2.01. The summed E-state index contributed by atoms with van der Waals surface area (Å²) in [6.45, 7) is 3.94. The molecular weight excluding hydrogens is 352 g/mol. The fourth-order valence-corrected chi connectivity index (χ4v) is 2.94. The SMILES string of the molecule is Cc1ccc(NC(=O)C(=Cc2cccc([N+](=O)[O-])c2)c2ccccc2)c(C)c1. The zero-order valence-electron chi connectivity index (χ0n) is 15.7. The first kappa shape index (κ1) is 19.0. The number of carbonyl (C=O) groups is 1. The lowest BCUT2D eigenvalue weighted by Crippen LogP contribution is -2.14. The Kier molecular flexibility index (Phi) is 5.65. The molecule has 0 aliphatic carbocycles. The predicted octanol–water partition coefficient (Wildman–Crippen LogP) is 5.39. The number of nitrogens with one attached hydrogen (secondary N) is 1. The number of rotatable bonds is 5. The topological polar surface area (TPSA) is 72.2 Å². The van der Waals surface area contributed by atoms with Gasteiger partial charge in [-0.25, -0.2) is 0 Å². The zero-order chi connectivity index (χ0) is 20.1. The molecule has 1 amide bonds. The maximum Gasteiger partial charge on any atom is 0.270 e. The molecule has 0 bridgehead atoms. The molecule has 5 nitrogen and oxygen atoms in total. The minimum atomic E-state index is -0.449. The Bertz CT molecular complexity index is 1060. The number of amides is 1. The summed E-state index contributed by atoms with van der Waals surface area (Å²) in [4.78, 5) is 23.7. The predicted molar refractivity (Wildman–Crippen MR) is 112 cm³/mol. The lowest BCUT2D eigenvalue weighted by atomic mass is 10.0. The largest absolute Gasteiger partial charge is 0.322 e. The van der Waals surface area contributed by atoms with Crippen LogP contribution in [0.15, 0.2) is 72.8 Å². The average molecular weight is 372 g/mol. The van der Waals surface area contributed by atoms with Gasteiger partial charge in [0, 0.05) is 23.4 Å². The second-order valence-electron chi connectivity index (χ2n) is 6.55. The van der Waals surface area contributed by atoms with Crippen molar-refractivity contribution in [1.82, 2.24) is 0 Å². The Morgan fingerprint density at radius 1 is 0.964 bits per heavy atom. The first-order valence-electron chi connectivity index (χ1n) is 8.84. The van der Waals surface area contributed by atoms with E-state index in [-0.39, 0.29) is 11.6 Å². The van der Waals surface area contributed by atoms with Crippen LogP contribution in [0.3, 0.4) is 0 Å². The first-order valence-corrected chi connectivity index (χ1v) is 8.84. The Labute approximate surface area is 163 Å². The lowest BCUT2D eigenvalue weighted by molar-refractivity contribution is -0.384. The van der Waals surface area contributed by atoms with Crippen molar-refractivity contribution in [3.8, 4) is 0 Å². The van der Waals surface area contributed by atoms with Gasteiger partial charge < -0.3 is 5.32 Å². The van der Waals surface area contributed by atoms with Crippen LogP contribution in [0.4, 0.5) is 11.4 Å². The molecule has 0 saturated carbocycles. The van der Waals surface area contributed by atoms with E-state index in [1.165, 1.54) is 12.1 Å². The zero-order valence-corrected chi connectivity index (χ0v) is 15.7. The summed E-state index contributed by atoms with van der Waals surface area (Å²) in [6, 6.07) is 21.3. The third-order valence-electron chi connectivity index (χ3n) is 4.35. The smallest absolute Gasteiger partial charge is 0.270 e. The molecule has 0 aliphatic rings. The van der Waals surface area contributed by atoms with Crippen LogP contribution in [0.25, 0.3) is 11.6 Å². The second-order valence-corrected chi connectivity index (χ2v) is 6.55. The number of hydrogen-bond donors (Lipinski definition) is 1. The van der Waals surface area contributed by atoms with Gasteiger partial charge in [-0.1, -0.05) is 60.2 Å². The molecule has 0 radical (unpaired) electrons. The molecule has 140 valence electrons. The minimum Gasteiger partial charge on any atom is -0.322 e. The van der Waals surface area contributed by atoms with Gasteiger partial charge in [0.2, 0.25) is 0 Å². The molecule has 0 atom stereocenters. The lowest BCUT2D eigenvalue weighted by Gasteiger charge is -2.12. The second kappa shape index (κ2) is 8.31. The molecule has 3 aromatic carbocycles. The van der Waals surface area contributed by atoms with Crippen molar-refractivity contribution in [3.05, 3.63) is 105 Å². The summed E-state index contributed by atoms with van der Waals surface area (Å²) in [7, 11) is 0. The summed E-state index contributed by atoms with van der Waals surface area (Å²) in [5, 5.41) is 14.0. The number of non-ortho nitro benzene ring substituents is 1. The van der Waals surface area contributed by atoms with Crippen molar-refractivity contribution in [2.45, 2.75) is 13.8 Å². The van der Waals surface area contributed by atoms with Crippen LogP contribution in [0.2, 0.25) is 0 Å². The molecule has 3 rings (SSSR count). The van der Waals surface area contributed by atoms with E-state index in [0.717, 1.165) is 22.4 Å². The van der Waals surface area contributed by atoms with Crippen molar-refractivity contribution < 1.29 is 9.72 Å². The summed E-state index contributed by atoms with van der Waals surface area (Å²) >= 11 is 0. The summed E-state index contributed by atoms with van der Waals surface area (Å²) in [5.74, 6) is -0.273. The van der Waals surface area contributed by atoms with E-state index < -0.39 is 4.92 Å². The van der Waals surface area contributed by atoms with Crippen LogP contribution < -0.4 is 5.32 Å². The molecule has 0 saturated heterocycles. The van der Waals surface area contributed by atoms with E-state index in [2.05, 4.69) is 5.32 Å². The molecule has 0 aromatic heterocycles. The fourth-order valence-electron chi connectivity index (χ4n) is 2.94. The number of nitro groups is 1. The van der Waals surface area contributed by atoms with Gasteiger partial charge in [0.05, 0.1) is 4.92 Å². The number of anilines is 1. The monoisotopic (exact) mass is 372 g/mol. The van der Waals surface area contributed by atoms with E-state index in [1.807, 2.05) is 62.4 Å². The molecule has 3 aromatic rings. The van der Waals surface area contributed by atoms with Gasteiger partial charge in [-0.05, 0) is 42.7 Å². The Morgan fingerprint density at radius 2 is 1.71 bits per heavy atom. The highest BCUT2D eigenvalue weighted by Gasteiger charge is 2.14. The van der Waals surface area contributed by atoms with Crippen LogP contribution in [-0.2, 0) is 4.79 Å². The highest BCUT2D eigenvalue weighted by Crippen LogP contribution is 2.24. The third-order valence-corrected chi connectivity index (χ3v) is 4.35. The molecule has 5 heteroatoms. The number of nitro benzene ring substituents is 1. The maximum atomic E-state index is 13.1. The molecule has 0 heterocycles. The summed E-state index contributed by atoms with van der Waals surface area (Å²) in [5.41, 5.74) is 4.55. The molecule has 1 N–H and O–H groups in total. The maximum absolute atomic E-state index is 13.1. The van der Waals surface area contributed by atoms with Gasteiger partial charge in [0.1, 0.15) is 0 Å². The third kappa shape index (κ3) is 4.51. The standard InChI is InChI=1S/C23H20N2O3/c1-16-11-12-22(17(2)13-16)24-23(26)21(19-8-4-3-5-9-19)15-18-7-6-10-20(14-18)25(27)28/h3-15H,1-2H3,(H,24,26). The molecule has 0 fully saturated rings. The number of aryl methyl sites for hydroxylation is 2. The van der Waals surface area contributed by atoms with E-state index in [1.54, 1.807) is 18.2 Å². The van der Waals surface area contributed by atoms with Gasteiger partial charge in [-0.15, -0.1) is 0 Å². The van der Waals surface area contributed by atoms with Crippen molar-refractivity contribution >= 4 is 28.9 Å². The highest BCUT2D eigenvalue weighted by molar-refractivity contribution is 6.29. The van der Waals surface area contributed by atoms with Crippen molar-refractivity contribution in [2.24, 2.45) is 0 Å². The van der Waals surface area contributed by atoms with Gasteiger partial charge >= 0.3 is 0 Å². The van der Waals surface area contributed by atoms with Gasteiger partial charge in [-0.3, -0.25) is 14.9 Å².